The van der Waals surface area contributed by atoms with E-state index in [2.05, 4.69) is 0 Å². The number of alkyl halides is 1. The van der Waals surface area contributed by atoms with Gasteiger partial charge in [-0.05, 0) is 30.7 Å². The number of carbonyl (C=O) groups is 3. The molecule has 6 heteroatoms. The van der Waals surface area contributed by atoms with E-state index in [1.165, 1.54) is 0 Å². The van der Waals surface area contributed by atoms with E-state index in [-0.39, 0.29) is 13.0 Å². The number of benzene rings is 2. The van der Waals surface area contributed by atoms with Crippen LogP contribution in [0.4, 0.5) is 0 Å². The second-order valence-corrected chi connectivity index (χ2v) is 6.23. The molecule has 1 saturated heterocycles. The molecule has 1 aliphatic rings. The molecule has 0 saturated carbocycles. The highest BCUT2D eigenvalue weighted by Gasteiger charge is 2.43. The number of nitrogens with zero attached hydrogens (tertiary/aromatic N) is 1. The van der Waals surface area contributed by atoms with Crippen LogP contribution in [0.15, 0.2) is 60.7 Å². The lowest BCUT2D eigenvalue weighted by atomic mass is 10.1. The van der Waals surface area contributed by atoms with Crippen LogP contribution in [-0.4, -0.2) is 40.7 Å². The Morgan fingerprint density at radius 3 is 2.16 bits per heavy atom. The summed E-state index contributed by atoms with van der Waals surface area (Å²) in [4.78, 5) is 38.1. The summed E-state index contributed by atoms with van der Waals surface area (Å²) in [5.74, 6) is -1.40. The van der Waals surface area contributed by atoms with Gasteiger partial charge in [-0.15, -0.1) is 11.6 Å². The second-order valence-electron chi connectivity index (χ2n) is 5.70. The third-order valence-electron chi connectivity index (χ3n) is 4.01. The Balaban J connectivity index is 1.72. The number of carbonyl (C=O) groups excluding carboxylic acids is 3. The van der Waals surface area contributed by atoms with Gasteiger partial charge < -0.3 is 4.74 Å². The minimum atomic E-state index is -0.798. The van der Waals surface area contributed by atoms with Gasteiger partial charge in [0.15, 0.2) is 0 Å². The summed E-state index contributed by atoms with van der Waals surface area (Å²) in [5, 5.41) is -0.798. The lowest BCUT2D eigenvalue weighted by Crippen LogP contribution is -2.42. The van der Waals surface area contributed by atoms with Crippen molar-refractivity contribution < 1.29 is 19.1 Å². The minimum absolute atomic E-state index is 0.0821. The largest absolute Gasteiger partial charge is 0.460 e. The molecule has 0 spiro atoms. The monoisotopic (exact) mass is 357 g/mol. The fourth-order valence-electron chi connectivity index (χ4n) is 2.73. The van der Waals surface area contributed by atoms with Crippen LogP contribution in [0.3, 0.4) is 0 Å². The van der Waals surface area contributed by atoms with Crippen LogP contribution >= 0.6 is 11.6 Å². The topological polar surface area (TPSA) is 63.7 Å². The zero-order valence-corrected chi connectivity index (χ0v) is 14.1. The van der Waals surface area contributed by atoms with Crippen molar-refractivity contribution in [3.63, 3.8) is 0 Å². The molecule has 1 fully saturated rings. The number of ether oxygens (including phenoxy) is 1. The maximum atomic E-state index is 12.6. The molecule has 2 amide bonds. The number of likely N-dealkylation sites (tertiary alicyclic amines) is 1. The van der Waals surface area contributed by atoms with Gasteiger partial charge in [0, 0.05) is 5.56 Å². The quantitative estimate of drug-likeness (QED) is 0.479. The van der Waals surface area contributed by atoms with Crippen LogP contribution in [0.1, 0.15) is 27.1 Å². The first-order valence-corrected chi connectivity index (χ1v) is 8.30. The van der Waals surface area contributed by atoms with E-state index in [1.54, 1.807) is 60.7 Å². The van der Waals surface area contributed by atoms with Crippen molar-refractivity contribution in [3.8, 4) is 0 Å². The molecule has 0 aromatic heterocycles. The van der Waals surface area contributed by atoms with Gasteiger partial charge in [0.25, 0.3) is 5.91 Å². The molecule has 128 valence electrons. The van der Waals surface area contributed by atoms with Gasteiger partial charge in [0.1, 0.15) is 12.0 Å². The van der Waals surface area contributed by atoms with Crippen molar-refractivity contribution in [1.29, 1.82) is 0 Å². The Labute approximate surface area is 150 Å². The summed E-state index contributed by atoms with van der Waals surface area (Å²) in [5.41, 5.74) is 0.802. The first-order chi connectivity index (χ1) is 12.1. The summed E-state index contributed by atoms with van der Waals surface area (Å²) < 4.78 is 5.28. The Hall–Kier alpha value is -2.66. The lowest BCUT2D eigenvalue weighted by Gasteiger charge is -2.22. The number of halogens is 1. The summed E-state index contributed by atoms with van der Waals surface area (Å²) in [6.45, 7) is -0.0821. The van der Waals surface area contributed by atoms with E-state index in [9.17, 15) is 14.4 Å². The number of imide groups is 1. The normalized spacial score (nSPS) is 19.7. The van der Waals surface area contributed by atoms with Crippen LogP contribution in [0, 0.1) is 0 Å². The van der Waals surface area contributed by atoms with Gasteiger partial charge in [-0.3, -0.25) is 14.5 Å². The number of rotatable bonds is 4. The SMILES string of the molecule is O=C(OCC1CC(Cl)C(=O)N1C(=O)c1ccccc1)c1ccccc1. The van der Waals surface area contributed by atoms with Crippen molar-refractivity contribution in [1.82, 2.24) is 4.90 Å². The van der Waals surface area contributed by atoms with Crippen LogP contribution < -0.4 is 0 Å². The van der Waals surface area contributed by atoms with E-state index < -0.39 is 29.2 Å². The molecule has 2 atom stereocenters. The van der Waals surface area contributed by atoms with Crippen molar-refractivity contribution in [2.75, 3.05) is 6.61 Å². The second kappa shape index (κ2) is 7.49. The summed E-state index contributed by atoms with van der Waals surface area (Å²) >= 11 is 6.03. The van der Waals surface area contributed by atoms with Gasteiger partial charge in [0.2, 0.25) is 5.91 Å². The molecule has 3 rings (SSSR count). The molecule has 1 heterocycles. The van der Waals surface area contributed by atoms with E-state index in [1.807, 2.05) is 0 Å². The predicted molar refractivity (Wildman–Crippen MR) is 92.4 cm³/mol. The molecule has 2 aromatic rings. The van der Waals surface area contributed by atoms with Gasteiger partial charge in [0.05, 0.1) is 11.6 Å². The average Bonchev–Trinajstić information content (AvgIpc) is 2.94. The van der Waals surface area contributed by atoms with Gasteiger partial charge in [-0.1, -0.05) is 36.4 Å². The number of amides is 2. The average molecular weight is 358 g/mol. The summed E-state index contributed by atoms with van der Waals surface area (Å²) in [6.07, 6.45) is 0.251. The molecule has 25 heavy (non-hydrogen) atoms. The Bertz CT molecular complexity index is 779. The van der Waals surface area contributed by atoms with E-state index in [0.29, 0.717) is 11.1 Å². The van der Waals surface area contributed by atoms with Crippen molar-refractivity contribution in [2.24, 2.45) is 0 Å². The molecule has 2 unspecified atom stereocenters. The fourth-order valence-corrected chi connectivity index (χ4v) is 3.04. The number of esters is 1. The van der Waals surface area contributed by atoms with Gasteiger partial charge in [-0.2, -0.15) is 0 Å². The van der Waals surface area contributed by atoms with Crippen molar-refractivity contribution >= 4 is 29.4 Å². The Morgan fingerprint density at radius 2 is 1.56 bits per heavy atom. The highest BCUT2D eigenvalue weighted by molar-refractivity contribution is 6.33. The molecular weight excluding hydrogens is 342 g/mol. The highest BCUT2D eigenvalue weighted by Crippen LogP contribution is 2.26. The fraction of sp³-hybridized carbons (Fsp3) is 0.211. The first kappa shape index (κ1) is 17.2. The summed E-state index contributed by atoms with van der Waals surface area (Å²) in [7, 11) is 0. The van der Waals surface area contributed by atoms with E-state index >= 15 is 0 Å². The number of hydrogen-bond acceptors (Lipinski definition) is 4. The maximum Gasteiger partial charge on any atom is 0.338 e. The molecule has 0 radical (unpaired) electrons. The van der Waals surface area contributed by atoms with Gasteiger partial charge in [-0.25, -0.2) is 4.79 Å². The van der Waals surface area contributed by atoms with Crippen LogP contribution in [-0.2, 0) is 9.53 Å². The Kier molecular flexibility index (Phi) is 5.14. The molecule has 1 aliphatic heterocycles. The third kappa shape index (κ3) is 3.72. The minimum Gasteiger partial charge on any atom is -0.460 e. The smallest absolute Gasteiger partial charge is 0.338 e. The highest BCUT2D eigenvalue weighted by atomic mass is 35.5. The Morgan fingerprint density at radius 1 is 1.00 bits per heavy atom. The molecule has 0 bridgehead atoms. The standard InChI is InChI=1S/C19H16ClNO4/c20-16-11-15(12-25-19(24)14-9-5-2-6-10-14)21(18(16)23)17(22)13-7-3-1-4-8-13/h1-10,15-16H,11-12H2. The molecular formula is C19H16ClNO4. The zero-order valence-electron chi connectivity index (χ0n) is 13.3. The summed E-state index contributed by atoms with van der Waals surface area (Å²) in [6, 6.07) is 16.4. The number of hydrogen-bond donors (Lipinski definition) is 0. The molecule has 2 aromatic carbocycles. The van der Waals surface area contributed by atoms with Crippen LogP contribution in [0.5, 0.6) is 0 Å². The lowest BCUT2D eigenvalue weighted by molar-refractivity contribution is -0.126. The van der Waals surface area contributed by atoms with E-state index in [4.69, 9.17) is 16.3 Å². The van der Waals surface area contributed by atoms with Crippen LogP contribution in [0.25, 0.3) is 0 Å². The third-order valence-corrected chi connectivity index (χ3v) is 4.37. The van der Waals surface area contributed by atoms with Crippen molar-refractivity contribution in [2.45, 2.75) is 17.8 Å². The molecule has 0 N–H and O–H groups in total. The predicted octanol–water partition coefficient (Wildman–Crippen LogP) is 2.89. The zero-order chi connectivity index (χ0) is 17.8. The van der Waals surface area contributed by atoms with Crippen LogP contribution in [0.2, 0.25) is 0 Å². The van der Waals surface area contributed by atoms with Crippen molar-refractivity contribution in [3.05, 3.63) is 71.8 Å². The molecule has 0 aliphatic carbocycles. The maximum absolute atomic E-state index is 12.6. The van der Waals surface area contributed by atoms with E-state index in [0.717, 1.165) is 4.90 Å². The first-order valence-electron chi connectivity index (χ1n) is 7.86. The molecule has 5 nitrogen and oxygen atoms in total. The van der Waals surface area contributed by atoms with Gasteiger partial charge >= 0.3 is 5.97 Å².